The van der Waals surface area contributed by atoms with Gasteiger partial charge in [0.1, 0.15) is 17.3 Å². The standard InChI is InChI=1S/C30H40N4O4.BrH/c1-7-38-26-14-19-16-34(28(31)21(19)15-22(26)29(36)32-5)17-25(35)18-12-23(30(2,3)4)27(37-6)24(13-18)33-20-10-8-9-11-20;/h12-15,20,31,33H,7-11,16-17H2,1-6H3,(H,32,36);1H. The van der Waals surface area contributed by atoms with Crippen molar-refractivity contribution < 1.29 is 19.1 Å². The lowest BCUT2D eigenvalue weighted by molar-refractivity contribution is 0.0953. The molecule has 0 bridgehead atoms. The van der Waals surface area contributed by atoms with Crippen molar-refractivity contribution in [1.82, 2.24) is 10.2 Å². The molecule has 4 rings (SSSR count). The van der Waals surface area contributed by atoms with Crippen molar-refractivity contribution in [2.45, 2.75) is 71.4 Å². The van der Waals surface area contributed by atoms with Crippen LogP contribution in [0.1, 0.15) is 90.8 Å². The van der Waals surface area contributed by atoms with Gasteiger partial charge in [-0.05, 0) is 55.0 Å². The van der Waals surface area contributed by atoms with Gasteiger partial charge in [0.05, 0.1) is 31.5 Å². The maximum absolute atomic E-state index is 13.7. The number of hydrogen-bond acceptors (Lipinski definition) is 6. The molecule has 1 aliphatic carbocycles. The van der Waals surface area contributed by atoms with Gasteiger partial charge >= 0.3 is 0 Å². The molecule has 2 aliphatic rings. The van der Waals surface area contributed by atoms with Crippen LogP contribution in [0.25, 0.3) is 0 Å². The lowest BCUT2D eigenvalue weighted by Crippen LogP contribution is -2.30. The third-order valence-corrected chi connectivity index (χ3v) is 7.38. The summed E-state index contributed by atoms with van der Waals surface area (Å²) in [6.45, 7) is 9.11. The lowest BCUT2D eigenvalue weighted by Gasteiger charge is -2.27. The van der Waals surface area contributed by atoms with Gasteiger partial charge in [0.15, 0.2) is 5.78 Å². The van der Waals surface area contributed by atoms with E-state index in [4.69, 9.17) is 14.9 Å². The van der Waals surface area contributed by atoms with Crippen LogP contribution in [0.5, 0.6) is 11.5 Å². The summed E-state index contributed by atoms with van der Waals surface area (Å²) in [4.78, 5) is 27.8. The number of amidine groups is 1. The van der Waals surface area contributed by atoms with Crippen LogP contribution in [0.3, 0.4) is 0 Å². The predicted octanol–water partition coefficient (Wildman–Crippen LogP) is 5.71. The fourth-order valence-corrected chi connectivity index (χ4v) is 5.38. The molecule has 1 heterocycles. The summed E-state index contributed by atoms with van der Waals surface area (Å²) < 4.78 is 11.6. The molecule has 0 unspecified atom stereocenters. The van der Waals surface area contributed by atoms with Gasteiger partial charge in [-0.25, -0.2) is 0 Å². The number of benzene rings is 2. The van der Waals surface area contributed by atoms with E-state index in [1.165, 1.54) is 12.8 Å². The van der Waals surface area contributed by atoms with E-state index in [0.29, 0.717) is 41.6 Å². The second-order valence-corrected chi connectivity index (χ2v) is 11.1. The molecule has 3 N–H and O–H groups in total. The minimum absolute atomic E-state index is 0. The highest BCUT2D eigenvalue weighted by Crippen LogP contribution is 2.40. The largest absolute Gasteiger partial charge is 0.494 e. The lowest BCUT2D eigenvalue weighted by atomic mass is 9.84. The van der Waals surface area contributed by atoms with Gasteiger partial charge in [-0.1, -0.05) is 33.6 Å². The first kappa shape index (κ1) is 30.5. The second kappa shape index (κ2) is 12.4. The van der Waals surface area contributed by atoms with Crippen molar-refractivity contribution >= 4 is 40.2 Å². The van der Waals surface area contributed by atoms with Gasteiger partial charge < -0.3 is 25.0 Å². The predicted molar refractivity (Wildman–Crippen MR) is 160 cm³/mol. The third-order valence-electron chi connectivity index (χ3n) is 7.38. The summed E-state index contributed by atoms with van der Waals surface area (Å²) in [6.07, 6.45) is 4.62. The first-order chi connectivity index (χ1) is 18.1. The van der Waals surface area contributed by atoms with E-state index in [0.717, 1.165) is 35.4 Å². The van der Waals surface area contributed by atoms with E-state index in [9.17, 15) is 9.59 Å². The third kappa shape index (κ3) is 6.40. The number of fused-ring (bicyclic) bond motifs is 1. The zero-order valence-corrected chi connectivity index (χ0v) is 25.5. The van der Waals surface area contributed by atoms with Gasteiger partial charge in [0.25, 0.3) is 5.91 Å². The summed E-state index contributed by atoms with van der Waals surface area (Å²) in [7, 11) is 3.25. The number of carbonyl (C=O) groups is 2. The SMILES string of the molecule is Br.CCOc1cc2c(cc1C(=O)NC)C(=N)N(CC(=O)c1cc(NC3CCCC3)c(OC)c(C(C)(C)C)c1)C2. The molecule has 2 aromatic rings. The molecule has 0 aromatic heterocycles. The molecule has 9 heteroatoms. The molecule has 1 saturated carbocycles. The van der Waals surface area contributed by atoms with Crippen molar-refractivity contribution in [3.8, 4) is 11.5 Å². The van der Waals surface area contributed by atoms with E-state index < -0.39 is 0 Å². The van der Waals surface area contributed by atoms with Crippen LogP contribution in [-0.4, -0.2) is 55.8 Å². The van der Waals surface area contributed by atoms with Crippen LogP contribution < -0.4 is 20.1 Å². The minimum atomic E-state index is -0.270. The van der Waals surface area contributed by atoms with Gasteiger partial charge in [0, 0.05) is 36.3 Å². The second-order valence-electron chi connectivity index (χ2n) is 11.1. The summed E-state index contributed by atoms with van der Waals surface area (Å²) in [6, 6.07) is 7.72. The fraction of sp³-hybridized carbons (Fsp3) is 0.500. The Hall–Kier alpha value is -3.07. The van der Waals surface area contributed by atoms with Crippen LogP contribution in [0.4, 0.5) is 5.69 Å². The van der Waals surface area contributed by atoms with Gasteiger partial charge in [-0.3, -0.25) is 15.0 Å². The summed E-state index contributed by atoms with van der Waals surface area (Å²) in [5.41, 5.74) is 4.10. The van der Waals surface area contributed by atoms with E-state index in [-0.39, 0.29) is 46.5 Å². The Balaban J connectivity index is 0.00000420. The highest BCUT2D eigenvalue weighted by atomic mass is 79.9. The van der Waals surface area contributed by atoms with Gasteiger partial charge in [-0.15, -0.1) is 17.0 Å². The molecule has 8 nitrogen and oxygen atoms in total. The molecule has 39 heavy (non-hydrogen) atoms. The average Bonchev–Trinajstić information content (AvgIpc) is 3.49. The number of halogens is 1. The van der Waals surface area contributed by atoms with Crippen LogP contribution in [0, 0.1) is 5.41 Å². The number of ether oxygens (including phenoxy) is 2. The number of hydrogen-bond donors (Lipinski definition) is 3. The number of rotatable bonds is 9. The van der Waals surface area contributed by atoms with E-state index in [2.05, 4.69) is 31.4 Å². The first-order valence-electron chi connectivity index (χ1n) is 13.4. The van der Waals surface area contributed by atoms with Crippen LogP contribution in [0.15, 0.2) is 24.3 Å². The molecule has 1 aliphatic heterocycles. The van der Waals surface area contributed by atoms with Gasteiger partial charge in [-0.2, -0.15) is 0 Å². The van der Waals surface area contributed by atoms with Crippen LogP contribution >= 0.6 is 17.0 Å². The Bertz CT molecular complexity index is 1250. The van der Waals surface area contributed by atoms with Crippen molar-refractivity contribution in [3.05, 3.63) is 52.1 Å². The molecule has 0 radical (unpaired) electrons. The van der Waals surface area contributed by atoms with Crippen LogP contribution in [0.2, 0.25) is 0 Å². The Morgan fingerprint density at radius 2 is 1.82 bits per heavy atom. The maximum Gasteiger partial charge on any atom is 0.254 e. The van der Waals surface area contributed by atoms with Crippen molar-refractivity contribution in [2.24, 2.45) is 0 Å². The molecule has 0 spiro atoms. The molecule has 212 valence electrons. The number of ketones is 1. The quantitative estimate of drug-likeness (QED) is 0.319. The molecular formula is C30H41BrN4O4. The molecule has 0 atom stereocenters. The Kier molecular flexibility index (Phi) is 9.69. The molecular weight excluding hydrogens is 560 g/mol. The fourth-order valence-electron chi connectivity index (χ4n) is 5.38. The number of Topliss-reactive ketones (excluding diaryl/α,β-unsaturated/α-hetero) is 1. The highest BCUT2D eigenvalue weighted by molar-refractivity contribution is 8.93. The van der Waals surface area contributed by atoms with E-state index in [1.807, 2.05) is 25.1 Å². The number of carbonyl (C=O) groups excluding carboxylic acids is 2. The minimum Gasteiger partial charge on any atom is -0.494 e. The topological polar surface area (TPSA) is 104 Å². The first-order valence-corrected chi connectivity index (χ1v) is 13.4. The summed E-state index contributed by atoms with van der Waals surface area (Å²) in [5, 5.41) is 15.1. The summed E-state index contributed by atoms with van der Waals surface area (Å²) in [5.74, 6) is 1.16. The van der Waals surface area contributed by atoms with E-state index >= 15 is 0 Å². The molecule has 2 aromatic carbocycles. The number of methoxy groups -OCH3 is 1. The smallest absolute Gasteiger partial charge is 0.254 e. The van der Waals surface area contributed by atoms with Crippen molar-refractivity contribution in [2.75, 3.05) is 32.6 Å². The Morgan fingerprint density at radius 1 is 1.13 bits per heavy atom. The Morgan fingerprint density at radius 3 is 2.41 bits per heavy atom. The monoisotopic (exact) mass is 600 g/mol. The zero-order chi connectivity index (χ0) is 27.6. The number of nitrogens with one attached hydrogen (secondary N) is 3. The average molecular weight is 602 g/mol. The van der Waals surface area contributed by atoms with Crippen LogP contribution in [-0.2, 0) is 12.0 Å². The number of amides is 1. The van der Waals surface area contributed by atoms with E-state index in [1.54, 1.807) is 25.1 Å². The van der Waals surface area contributed by atoms with Crippen molar-refractivity contribution in [3.63, 3.8) is 0 Å². The normalized spacial score (nSPS) is 15.0. The molecule has 1 amide bonds. The van der Waals surface area contributed by atoms with Crippen molar-refractivity contribution in [1.29, 1.82) is 5.41 Å². The summed E-state index contributed by atoms with van der Waals surface area (Å²) >= 11 is 0. The van der Waals surface area contributed by atoms with Gasteiger partial charge in [0.2, 0.25) is 0 Å². The number of anilines is 1. The maximum atomic E-state index is 13.7. The molecule has 1 fully saturated rings. The molecule has 0 saturated heterocycles. The number of nitrogens with zero attached hydrogens (tertiary/aromatic N) is 1. The highest BCUT2D eigenvalue weighted by Gasteiger charge is 2.31. The zero-order valence-electron chi connectivity index (χ0n) is 23.8. The Labute approximate surface area is 242 Å².